The topological polar surface area (TPSA) is 47.4 Å². The molecule has 1 saturated heterocycles. The van der Waals surface area contributed by atoms with Crippen molar-refractivity contribution in [1.29, 1.82) is 0 Å². The van der Waals surface area contributed by atoms with Crippen LogP contribution in [0.15, 0.2) is 30.3 Å². The minimum absolute atomic E-state index is 0.0127. The number of aromatic nitrogens is 2. The van der Waals surface area contributed by atoms with Gasteiger partial charge in [-0.3, -0.25) is 9.48 Å². The molecule has 0 spiro atoms. The Bertz CT molecular complexity index is 729. The highest BCUT2D eigenvalue weighted by molar-refractivity contribution is 5.92. The van der Waals surface area contributed by atoms with Crippen LogP contribution in [0, 0.1) is 5.82 Å². The molecule has 0 aliphatic carbocycles. The van der Waals surface area contributed by atoms with Crippen molar-refractivity contribution in [3.8, 4) is 5.75 Å². The number of rotatable bonds is 3. The average Bonchev–Trinajstić information content (AvgIpc) is 3.19. The highest BCUT2D eigenvalue weighted by Crippen LogP contribution is 2.23. The predicted molar refractivity (Wildman–Crippen MR) is 86.5 cm³/mol. The number of halogens is 1. The van der Waals surface area contributed by atoms with Crippen molar-refractivity contribution in [2.24, 2.45) is 0 Å². The molecule has 2 aromatic rings. The van der Waals surface area contributed by atoms with Gasteiger partial charge in [0.15, 0.2) is 17.3 Å². The minimum atomic E-state index is -0.344. The number of carbonyl (C=O) groups is 1. The number of para-hydroxylation sites is 1. The van der Waals surface area contributed by atoms with Crippen molar-refractivity contribution in [2.45, 2.75) is 38.3 Å². The van der Waals surface area contributed by atoms with Crippen molar-refractivity contribution in [2.75, 3.05) is 13.1 Å². The van der Waals surface area contributed by atoms with Crippen LogP contribution in [0.5, 0.6) is 5.75 Å². The Morgan fingerprint density at radius 3 is 2.75 bits per heavy atom. The van der Waals surface area contributed by atoms with Gasteiger partial charge in [0.05, 0.1) is 0 Å². The zero-order valence-corrected chi connectivity index (χ0v) is 13.4. The number of ether oxygens (including phenoxy) is 1. The number of hydrogen-bond donors (Lipinski definition) is 0. The number of fused-ring (bicyclic) bond motifs is 1. The van der Waals surface area contributed by atoms with Crippen molar-refractivity contribution in [3.63, 3.8) is 0 Å². The second kappa shape index (κ2) is 6.26. The van der Waals surface area contributed by atoms with Gasteiger partial charge in [0.2, 0.25) is 0 Å². The van der Waals surface area contributed by atoms with E-state index in [1.54, 1.807) is 18.2 Å². The average molecular weight is 329 g/mol. The molecule has 6 heteroatoms. The Morgan fingerprint density at radius 1 is 1.21 bits per heavy atom. The molecule has 2 aliphatic rings. The van der Waals surface area contributed by atoms with Gasteiger partial charge in [-0.05, 0) is 31.0 Å². The monoisotopic (exact) mass is 329 g/mol. The van der Waals surface area contributed by atoms with E-state index in [1.165, 1.54) is 6.07 Å². The summed E-state index contributed by atoms with van der Waals surface area (Å²) >= 11 is 0. The van der Waals surface area contributed by atoms with Crippen LogP contribution < -0.4 is 4.74 Å². The predicted octanol–water partition coefficient (Wildman–Crippen LogP) is 2.65. The zero-order valence-electron chi connectivity index (χ0n) is 13.4. The van der Waals surface area contributed by atoms with Crippen LogP contribution in [-0.2, 0) is 13.0 Å². The van der Waals surface area contributed by atoms with Gasteiger partial charge in [-0.2, -0.15) is 5.10 Å². The van der Waals surface area contributed by atoms with E-state index in [0.717, 1.165) is 25.1 Å². The number of likely N-dealkylation sites (tertiary alicyclic amines) is 1. The van der Waals surface area contributed by atoms with Crippen LogP contribution in [0.4, 0.5) is 4.39 Å². The quantitative estimate of drug-likeness (QED) is 0.870. The largest absolute Gasteiger partial charge is 0.487 e. The first kappa shape index (κ1) is 15.2. The SMILES string of the molecule is O=C(c1cc2n(n1)CCC2)N1CCC(Oc2ccccc2F)CC1. The van der Waals surface area contributed by atoms with E-state index in [9.17, 15) is 9.18 Å². The fourth-order valence-electron chi connectivity index (χ4n) is 3.42. The summed E-state index contributed by atoms with van der Waals surface area (Å²) in [5.74, 6) is -0.0717. The molecule has 5 nitrogen and oxygen atoms in total. The second-order valence-corrected chi connectivity index (χ2v) is 6.39. The number of amides is 1. The summed E-state index contributed by atoms with van der Waals surface area (Å²) in [5, 5.41) is 4.41. The minimum Gasteiger partial charge on any atom is -0.487 e. The molecule has 4 rings (SSSR count). The molecule has 24 heavy (non-hydrogen) atoms. The van der Waals surface area contributed by atoms with Crippen molar-refractivity contribution in [1.82, 2.24) is 14.7 Å². The maximum atomic E-state index is 13.6. The molecule has 1 fully saturated rings. The van der Waals surface area contributed by atoms with Gasteiger partial charge < -0.3 is 9.64 Å². The number of aryl methyl sites for hydroxylation is 2. The fraction of sp³-hybridized carbons (Fsp3) is 0.444. The molecular formula is C18H20FN3O2. The molecule has 1 aromatic heterocycles. The van der Waals surface area contributed by atoms with Crippen LogP contribution >= 0.6 is 0 Å². The molecule has 0 bridgehead atoms. The van der Waals surface area contributed by atoms with Crippen LogP contribution in [0.1, 0.15) is 35.4 Å². The summed E-state index contributed by atoms with van der Waals surface area (Å²) in [5.41, 5.74) is 1.69. The van der Waals surface area contributed by atoms with Crippen LogP contribution in [0.25, 0.3) is 0 Å². The maximum absolute atomic E-state index is 13.6. The maximum Gasteiger partial charge on any atom is 0.274 e. The summed E-state index contributed by atoms with van der Waals surface area (Å²) in [7, 11) is 0. The summed E-state index contributed by atoms with van der Waals surface area (Å²) in [6, 6.07) is 8.35. The highest BCUT2D eigenvalue weighted by atomic mass is 19.1. The lowest BCUT2D eigenvalue weighted by atomic mass is 10.1. The van der Waals surface area contributed by atoms with Crippen LogP contribution in [0.2, 0.25) is 0 Å². The first-order valence-corrected chi connectivity index (χ1v) is 8.48. The lowest BCUT2D eigenvalue weighted by molar-refractivity contribution is 0.0582. The van der Waals surface area contributed by atoms with Crippen molar-refractivity contribution in [3.05, 3.63) is 47.5 Å². The highest BCUT2D eigenvalue weighted by Gasteiger charge is 2.27. The lowest BCUT2D eigenvalue weighted by Crippen LogP contribution is -2.42. The molecule has 0 radical (unpaired) electrons. The molecule has 0 atom stereocenters. The molecule has 0 N–H and O–H groups in total. The molecule has 1 aromatic carbocycles. The molecule has 0 saturated carbocycles. The lowest BCUT2D eigenvalue weighted by Gasteiger charge is -2.31. The van der Waals surface area contributed by atoms with Gasteiger partial charge in [0, 0.05) is 38.2 Å². The molecule has 3 heterocycles. The summed E-state index contributed by atoms with van der Waals surface area (Å²) in [6.07, 6.45) is 3.45. The first-order chi connectivity index (χ1) is 11.7. The number of hydrogen-bond acceptors (Lipinski definition) is 3. The summed E-state index contributed by atoms with van der Waals surface area (Å²) in [6.45, 7) is 2.13. The Kier molecular flexibility index (Phi) is 3.96. The van der Waals surface area contributed by atoms with E-state index in [2.05, 4.69) is 5.10 Å². The van der Waals surface area contributed by atoms with E-state index >= 15 is 0 Å². The first-order valence-electron chi connectivity index (χ1n) is 8.48. The van der Waals surface area contributed by atoms with Crippen molar-refractivity contribution >= 4 is 5.91 Å². The summed E-state index contributed by atoms with van der Waals surface area (Å²) in [4.78, 5) is 14.4. The smallest absolute Gasteiger partial charge is 0.274 e. The van der Waals surface area contributed by atoms with Gasteiger partial charge in [0.1, 0.15) is 6.10 Å². The van der Waals surface area contributed by atoms with Gasteiger partial charge in [-0.15, -0.1) is 0 Å². The molecule has 1 amide bonds. The summed E-state index contributed by atoms with van der Waals surface area (Å²) < 4.78 is 21.3. The van der Waals surface area contributed by atoms with Crippen LogP contribution in [0.3, 0.4) is 0 Å². The normalized spacial score (nSPS) is 17.8. The van der Waals surface area contributed by atoms with Gasteiger partial charge in [-0.25, -0.2) is 4.39 Å². The molecular weight excluding hydrogens is 309 g/mol. The van der Waals surface area contributed by atoms with Crippen LogP contribution in [-0.4, -0.2) is 39.8 Å². The Hall–Kier alpha value is -2.37. The Labute approximate surface area is 140 Å². The number of piperidine rings is 1. The third-order valence-corrected chi connectivity index (χ3v) is 4.74. The third kappa shape index (κ3) is 2.88. The van der Waals surface area contributed by atoms with Gasteiger partial charge in [-0.1, -0.05) is 12.1 Å². The van der Waals surface area contributed by atoms with E-state index in [1.807, 2.05) is 15.6 Å². The van der Waals surface area contributed by atoms with E-state index in [-0.39, 0.29) is 23.6 Å². The standard InChI is InChI=1S/C18H20FN3O2/c19-15-5-1-2-6-17(15)24-14-7-10-21(11-8-14)18(23)16-12-13-4-3-9-22(13)20-16/h1-2,5-6,12,14H,3-4,7-11H2. The number of carbonyl (C=O) groups excluding carboxylic acids is 1. The van der Waals surface area contributed by atoms with Gasteiger partial charge >= 0.3 is 0 Å². The fourth-order valence-corrected chi connectivity index (χ4v) is 3.42. The zero-order chi connectivity index (χ0) is 16.5. The van der Waals surface area contributed by atoms with E-state index < -0.39 is 0 Å². The molecule has 126 valence electrons. The van der Waals surface area contributed by atoms with Gasteiger partial charge in [0.25, 0.3) is 5.91 Å². The number of benzene rings is 1. The Morgan fingerprint density at radius 2 is 2.00 bits per heavy atom. The Balaban J connectivity index is 1.35. The molecule has 2 aliphatic heterocycles. The third-order valence-electron chi connectivity index (χ3n) is 4.74. The van der Waals surface area contributed by atoms with Crippen molar-refractivity contribution < 1.29 is 13.9 Å². The molecule has 0 unspecified atom stereocenters. The van der Waals surface area contributed by atoms with E-state index in [4.69, 9.17) is 4.74 Å². The van der Waals surface area contributed by atoms with E-state index in [0.29, 0.717) is 31.6 Å². The second-order valence-electron chi connectivity index (χ2n) is 6.39. The number of nitrogens with zero attached hydrogens (tertiary/aromatic N) is 3.